The summed E-state index contributed by atoms with van der Waals surface area (Å²) in [7, 11) is 0. The van der Waals surface area contributed by atoms with Gasteiger partial charge in [0.05, 0.1) is 11.2 Å². The molecule has 0 aromatic carbocycles. The Morgan fingerprint density at radius 2 is 2.00 bits per heavy atom. The third-order valence-electron chi connectivity index (χ3n) is 4.26. The molecule has 4 nitrogen and oxygen atoms in total. The smallest absolute Gasteiger partial charge is 0.224 e. The van der Waals surface area contributed by atoms with Crippen LogP contribution in [-0.2, 0) is 10.3 Å². The van der Waals surface area contributed by atoms with Crippen molar-refractivity contribution >= 4 is 17.2 Å². The minimum atomic E-state index is -0.424. The number of aryl methyl sites for hydroxylation is 2. The van der Waals surface area contributed by atoms with Crippen molar-refractivity contribution in [2.24, 2.45) is 5.92 Å². The first-order valence-electron chi connectivity index (χ1n) is 7.55. The normalized spacial score (nSPS) is 20.7. The first kappa shape index (κ1) is 15.2. The van der Waals surface area contributed by atoms with Crippen LogP contribution in [0.2, 0.25) is 0 Å². The molecule has 0 saturated heterocycles. The highest BCUT2D eigenvalue weighted by Gasteiger charge is 2.45. The number of aromatic nitrogens is 2. The van der Waals surface area contributed by atoms with E-state index in [2.05, 4.69) is 22.2 Å². The van der Waals surface area contributed by atoms with Crippen LogP contribution in [0.3, 0.4) is 0 Å². The summed E-state index contributed by atoms with van der Waals surface area (Å²) in [6, 6.07) is 3.99. The molecule has 2 heterocycles. The summed E-state index contributed by atoms with van der Waals surface area (Å²) in [5.74, 6) is 0.528. The lowest BCUT2D eigenvalue weighted by Gasteiger charge is -2.24. The van der Waals surface area contributed by atoms with E-state index in [0.29, 0.717) is 5.92 Å². The van der Waals surface area contributed by atoms with Crippen LogP contribution in [0.1, 0.15) is 47.3 Å². The van der Waals surface area contributed by atoms with Crippen LogP contribution in [0.15, 0.2) is 24.5 Å². The topological polar surface area (TPSA) is 54.9 Å². The van der Waals surface area contributed by atoms with Crippen LogP contribution in [0.25, 0.3) is 0 Å². The second kappa shape index (κ2) is 5.47. The van der Waals surface area contributed by atoms with Gasteiger partial charge in [-0.05, 0) is 57.7 Å². The molecule has 0 aliphatic heterocycles. The summed E-state index contributed by atoms with van der Waals surface area (Å²) in [6.45, 7) is 8.11. The average molecular weight is 315 g/mol. The van der Waals surface area contributed by atoms with Crippen LogP contribution < -0.4 is 5.32 Å². The number of carbonyl (C=O) groups excluding carboxylic acids is 1. The van der Waals surface area contributed by atoms with Gasteiger partial charge in [-0.1, -0.05) is 0 Å². The number of nitrogens with zero attached hydrogens (tertiary/aromatic N) is 2. The van der Waals surface area contributed by atoms with Crippen molar-refractivity contribution < 1.29 is 4.79 Å². The zero-order valence-corrected chi connectivity index (χ0v) is 14.2. The average Bonchev–Trinajstić information content (AvgIpc) is 3.20. The van der Waals surface area contributed by atoms with Gasteiger partial charge in [0.1, 0.15) is 5.01 Å². The second-order valence-corrected chi connectivity index (χ2v) is 7.71. The molecule has 2 aromatic rings. The fourth-order valence-corrected chi connectivity index (χ4v) is 3.63. The number of pyridine rings is 1. The van der Waals surface area contributed by atoms with Gasteiger partial charge in [-0.15, -0.1) is 11.3 Å². The third-order valence-corrected chi connectivity index (χ3v) is 5.66. The van der Waals surface area contributed by atoms with Gasteiger partial charge in [-0.25, -0.2) is 4.98 Å². The number of amides is 1. The van der Waals surface area contributed by atoms with Gasteiger partial charge in [0.25, 0.3) is 0 Å². The molecule has 1 N–H and O–H groups in total. The lowest BCUT2D eigenvalue weighted by molar-refractivity contribution is -0.124. The van der Waals surface area contributed by atoms with E-state index in [1.165, 1.54) is 10.4 Å². The third kappa shape index (κ3) is 2.90. The van der Waals surface area contributed by atoms with Gasteiger partial charge in [0, 0.05) is 23.2 Å². The molecular weight excluding hydrogens is 294 g/mol. The van der Waals surface area contributed by atoms with E-state index < -0.39 is 5.54 Å². The molecule has 1 aliphatic carbocycles. The Morgan fingerprint density at radius 1 is 1.32 bits per heavy atom. The van der Waals surface area contributed by atoms with E-state index in [-0.39, 0.29) is 11.8 Å². The maximum Gasteiger partial charge on any atom is 0.224 e. The van der Waals surface area contributed by atoms with Gasteiger partial charge in [-0.2, -0.15) is 0 Å². The zero-order chi connectivity index (χ0) is 15.9. The van der Waals surface area contributed by atoms with E-state index in [1.807, 2.05) is 32.9 Å². The van der Waals surface area contributed by atoms with E-state index >= 15 is 0 Å². The fourth-order valence-electron chi connectivity index (χ4n) is 2.66. The van der Waals surface area contributed by atoms with Crippen molar-refractivity contribution in [3.8, 4) is 0 Å². The van der Waals surface area contributed by atoms with E-state index in [1.54, 1.807) is 23.7 Å². The van der Waals surface area contributed by atoms with Crippen LogP contribution in [0.4, 0.5) is 0 Å². The molecule has 1 aliphatic rings. The fraction of sp³-hybridized carbons (Fsp3) is 0.471. The van der Waals surface area contributed by atoms with Crippen LogP contribution in [0.5, 0.6) is 0 Å². The van der Waals surface area contributed by atoms with Gasteiger partial charge in [-0.3, -0.25) is 9.78 Å². The number of hydrogen-bond donors (Lipinski definition) is 1. The summed E-state index contributed by atoms with van der Waals surface area (Å²) in [5, 5.41) is 4.14. The molecule has 2 aromatic heterocycles. The standard InChI is InChI=1S/C17H21N3OS/c1-10-11(2)22-16(19-10)17(3,4)20-15(21)14-9-13(14)12-5-7-18-8-6-12/h5-8,13-14H,9H2,1-4H3,(H,20,21)/t13-,14+/m0/s1. The highest BCUT2D eigenvalue weighted by Crippen LogP contribution is 2.47. The largest absolute Gasteiger partial charge is 0.344 e. The molecule has 0 spiro atoms. The Morgan fingerprint density at radius 3 is 2.59 bits per heavy atom. The highest BCUT2D eigenvalue weighted by molar-refractivity contribution is 7.11. The molecule has 0 unspecified atom stereocenters. The molecule has 0 radical (unpaired) electrons. The lowest BCUT2D eigenvalue weighted by atomic mass is 10.1. The molecule has 22 heavy (non-hydrogen) atoms. The molecule has 0 bridgehead atoms. The maximum atomic E-state index is 12.5. The van der Waals surface area contributed by atoms with Crippen molar-refractivity contribution in [1.29, 1.82) is 0 Å². The quantitative estimate of drug-likeness (QED) is 0.941. The van der Waals surface area contributed by atoms with Crippen molar-refractivity contribution in [3.63, 3.8) is 0 Å². The molecule has 1 fully saturated rings. The molecule has 1 saturated carbocycles. The molecule has 2 atom stereocenters. The Kier molecular flexibility index (Phi) is 3.77. The summed E-state index contributed by atoms with van der Waals surface area (Å²) >= 11 is 1.66. The van der Waals surface area contributed by atoms with Gasteiger partial charge in [0.2, 0.25) is 5.91 Å². The number of rotatable bonds is 4. The van der Waals surface area contributed by atoms with Gasteiger partial charge in [0.15, 0.2) is 0 Å². The number of nitrogens with one attached hydrogen (secondary N) is 1. The van der Waals surface area contributed by atoms with Crippen molar-refractivity contribution in [3.05, 3.63) is 45.7 Å². The molecule has 5 heteroatoms. The first-order chi connectivity index (χ1) is 10.4. The number of thiazole rings is 1. The van der Waals surface area contributed by atoms with Crippen molar-refractivity contribution in [2.45, 2.75) is 45.6 Å². The van der Waals surface area contributed by atoms with Crippen molar-refractivity contribution in [2.75, 3.05) is 0 Å². The monoisotopic (exact) mass is 315 g/mol. The van der Waals surface area contributed by atoms with E-state index in [9.17, 15) is 4.79 Å². The summed E-state index contributed by atoms with van der Waals surface area (Å²) in [6.07, 6.45) is 4.49. The Labute approximate surface area is 135 Å². The number of carbonyl (C=O) groups is 1. The Bertz CT molecular complexity index is 674. The molecule has 3 rings (SSSR count). The minimum Gasteiger partial charge on any atom is -0.344 e. The van der Waals surface area contributed by atoms with Crippen LogP contribution >= 0.6 is 11.3 Å². The molecule has 116 valence electrons. The summed E-state index contributed by atoms with van der Waals surface area (Å²) in [4.78, 5) is 22.3. The zero-order valence-electron chi connectivity index (χ0n) is 13.4. The minimum absolute atomic E-state index is 0.0730. The van der Waals surface area contributed by atoms with Crippen LogP contribution in [0, 0.1) is 19.8 Å². The molecule has 1 amide bonds. The Balaban J connectivity index is 1.67. The Hall–Kier alpha value is -1.75. The predicted octanol–water partition coefficient (Wildman–Crippen LogP) is 3.31. The van der Waals surface area contributed by atoms with Crippen LogP contribution in [-0.4, -0.2) is 15.9 Å². The predicted molar refractivity (Wildman–Crippen MR) is 87.8 cm³/mol. The first-order valence-corrected chi connectivity index (χ1v) is 8.36. The summed E-state index contributed by atoms with van der Waals surface area (Å²) < 4.78 is 0. The SMILES string of the molecule is Cc1nc(C(C)(C)NC(=O)[C@@H]2C[C@H]2c2ccncc2)sc1C. The maximum absolute atomic E-state index is 12.5. The van der Waals surface area contributed by atoms with E-state index in [4.69, 9.17) is 0 Å². The van der Waals surface area contributed by atoms with Gasteiger partial charge < -0.3 is 5.32 Å². The highest BCUT2D eigenvalue weighted by atomic mass is 32.1. The summed E-state index contributed by atoms with van der Waals surface area (Å²) in [5.41, 5.74) is 1.82. The second-order valence-electron chi connectivity index (χ2n) is 6.50. The van der Waals surface area contributed by atoms with Crippen molar-refractivity contribution in [1.82, 2.24) is 15.3 Å². The van der Waals surface area contributed by atoms with E-state index in [0.717, 1.165) is 17.1 Å². The lowest BCUT2D eigenvalue weighted by Crippen LogP contribution is -2.42. The van der Waals surface area contributed by atoms with Gasteiger partial charge >= 0.3 is 0 Å². The number of hydrogen-bond acceptors (Lipinski definition) is 4. The molecular formula is C17H21N3OS.